The third-order valence-electron chi connectivity index (χ3n) is 4.31. The van der Waals surface area contributed by atoms with Gasteiger partial charge in [-0.05, 0) is 39.0 Å². The molecule has 1 aromatic rings. The SMILES string of the molecule is CC1CN(c2nc3c(s2)C(N)CC(C)(C)C3)CC(C)(C)O1. The largest absolute Gasteiger partial charge is 0.369 e. The van der Waals surface area contributed by atoms with Gasteiger partial charge in [0.25, 0.3) is 0 Å². The number of nitrogens with two attached hydrogens (primary N) is 1. The van der Waals surface area contributed by atoms with Crippen molar-refractivity contribution in [1.29, 1.82) is 0 Å². The fraction of sp³-hybridized carbons (Fsp3) is 0.812. The van der Waals surface area contributed by atoms with Crippen LogP contribution in [0.3, 0.4) is 0 Å². The van der Waals surface area contributed by atoms with Crippen molar-refractivity contribution >= 4 is 16.5 Å². The van der Waals surface area contributed by atoms with E-state index in [4.69, 9.17) is 15.5 Å². The minimum atomic E-state index is -0.120. The predicted octanol–water partition coefficient (Wildman–Crippen LogP) is 3.12. The summed E-state index contributed by atoms with van der Waals surface area (Å²) in [6.45, 7) is 12.8. The van der Waals surface area contributed by atoms with Crippen LogP contribution in [0.5, 0.6) is 0 Å². The molecule has 0 saturated carbocycles. The van der Waals surface area contributed by atoms with Gasteiger partial charge in [-0.25, -0.2) is 4.98 Å². The molecular weight excluding hydrogens is 282 g/mol. The number of aromatic nitrogens is 1. The minimum absolute atomic E-state index is 0.120. The topological polar surface area (TPSA) is 51.4 Å². The highest BCUT2D eigenvalue weighted by Crippen LogP contribution is 2.44. The molecule has 0 aromatic carbocycles. The Bertz CT molecular complexity index is 538. The van der Waals surface area contributed by atoms with Crippen LogP contribution in [0.25, 0.3) is 0 Å². The van der Waals surface area contributed by atoms with Gasteiger partial charge >= 0.3 is 0 Å². The normalized spacial score (nSPS) is 31.0. The Labute approximate surface area is 131 Å². The lowest BCUT2D eigenvalue weighted by atomic mass is 9.77. The van der Waals surface area contributed by atoms with E-state index in [1.165, 1.54) is 10.6 Å². The highest BCUT2D eigenvalue weighted by atomic mass is 32.1. The Morgan fingerprint density at radius 3 is 2.71 bits per heavy atom. The average Bonchev–Trinajstić information content (AvgIpc) is 2.68. The number of rotatable bonds is 1. The van der Waals surface area contributed by atoms with Gasteiger partial charge in [-0.2, -0.15) is 0 Å². The molecule has 0 spiro atoms. The van der Waals surface area contributed by atoms with Crippen molar-refractivity contribution in [2.24, 2.45) is 11.1 Å². The number of morpholine rings is 1. The van der Waals surface area contributed by atoms with E-state index >= 15 is 0 Å². The van der Waals surface area contributed by atoms with E-state index in [0.29, 0.717) is 0 Å². The Kier molecular flexibility index (Phi) is 3.58. The molecule has 1 saturated heterocycles. The Balaban J connectivity index is 1.88. The van der Waals surface area contributed by atoms with Crippen LogP contribution < -0.4 is 10.6 Å². The molecule has 118 valence electrons. The van der Waals surface area contributed by atoms with Crippen LogP contribution in [0.15, 0.2) is 0 Å². The number of hydrogen-bond acceptors (Lipinski definition) is 5. The molecule has 5 heteroatoms. The molecule has 4 nitrogen and oxygen atoms in total. The quantitative estimate of drug-likeness (QED) is 0.866. The maximum Gasteiger partial charge on any atom is 0.186 e. The molecule has 21 heavy (non-hydrogen) atoms. The van der Waals surface area contributed by atoms with E-state index in [2.05, 4.69) is 39.5 Å². The Hall–Kier alpha value is -0.650. The first-order valence-electron chi connectivity index (χ1n) is 7.83. The predicted molar refractivity (Wildman–Crippen MR) is 88.0 cm³/mol. The molecule has 1 fully saturated rings. The number of anilines is 1. The minimum Gasteiger partial charge on any atom is -0.369 e. The summed E-state index contributed by atoms with van der Waals surface area (Å²) in [5.41, 5.74) is 7.73. The molecule has 0 bridgehead atoms. The Morgan fingerprint density at radius 2 is 2.05 bits per heavy atom. The molecule has 0 amide bonds. The second-order valence-electron chi connectivity index (χ2n) is 8.03. The van der Waals surface area contributed by atoms with Crippen LogP contribution in [0, 0.1) is 5.41 Å². The van der Waals surface area contributed by atoms with Crippen molar-refractivity contribution in [3.05, 3.63) is 10.6 Å². The lowest BCUT2D eigenvalue weighted by Crippen LogP contribution is -2.52. The number of ether oxygens (including phenoxy) is 1. The molecule has 2 heterocycles. The highest BCUT2D eigenvalue weighted by Gasteiger charge is 2.36. The van der Waals surface area contributed by atoms with Crippen LogP contribution in [-0.2, 0) is 11.2 Å². The third kappa shape index (κ3) is 3.10. The number of fused-ring (bicyclic) bond motifs is 1. The molecule has 2 atom stereocenters. The Morgan fingerprint density at radius 1 is 1.33 bits per heavy atom. The van der Waals surface area contributed by atoms with Gasteiger partial charge in [0.05, 0.1) is 17.4 Å². The zero-order valence-corrected chi connectivity index (χ0v) is 14.6. The highest BCUT2D eigenvalue weighted by molar-refractivity contribution is 7.15. The molecular formula is C16H27N3OS. The number of nitrogens with zero attached hydrogens (tertiary/aromatic N) is 2. The molecule has 1 aliphatic heterocycles. The maximum absolute atomic E-state index is 6.37. The van der Waals surface area contributed by atoms with Crippen molar-refractivity contribution in [1.82, 2.24) is 4.98 Å². The monoisotopic (exact) mass is 309 g/mol. The van der Waals surface area contributed by atoms with Crippen LogP contribution in [0.2, 0.25) is 0 Å². The van der Waals surface area contributed by atoms with Gasteiger partial charge in [-0.1, -0.05) is 25.2 Å². The summed E-state index contributed by atoms with van der Waals surface area (Å²) >= 11 is 1.79. The average molecular weight is 309 g/mol. The van der Waals surface area contributed by atoms with Gasteiger partial charge in [0.2, 0.25) is 0 Å². The first-order chi connectivity index (χ1) is 9.65. The van der Waals surface area contributed by atoms with E-state index in [-0.39, 0.29) is 23.2 Å². The zero-order valence-electron chi connectivity index (χ0n) is 13.8. The van der Waals surface area contributed by atoms with Crippen LogP contribution in [-0.4, -0.2) is 29.8 Å². The van der Waals surface area contributed by atoms with E-state index < -0.39 is 0 Å². The molecule has 1 aliphatic carbocycles. The third-order valence-corrected chi connectivity index (χ3v) is 5.60. The molecule has 2 aliphatic rings. The summed E-state index contributed by atoms with van der Waals surface area (Å²) < 4.78 is 5.99. The van der Waals surface area contributed by atoms with Crippen molar-refractivity contribution < 1.29 is 4.74 Å². The summed E-state index contributed by atoms with van der Waals surface area (Å²) in [6.07, 6.45) is 2.32. The van der Waals surface area contributed by atoms with E-state index in [1.54, 1.807) is 11.3 Å². The lowest BCUT2D eigenvalue weighted by Gasteiger charge is -2.41. The van der Waals surface area contributed by atoms with Crippen molar-refractivity contribution in [2.45, 2.75) is 65.2 Å². The number of hydrogen-bond donors (Lipinski definition) is 1. The molecule has 2 unspecified atom stereocenters. The summed E-state index contributed by atoms with van der Waals surface area (Å²) in [4.78, 5) is 8.59. The first kappa shape index (κ1) is 15.3. The van der Waals surface area contributed by atoms with E-state index in [0.717, 1.165) is 31.1 Å². The second kappa shape index (κ2) is 4.93. The fourth-order valence-electron chi connectivity index (χ4n) is 3.72. The molecule has 0 radical (unpaired) electrons. The van der Waals surface area contributed by atoms with Crippen molar-refractivity contribution in [2.75, 3.05) is 18.0 Å². The molecule has 3 rings (SSSR count). The first-order valence-corrected chi connectivity index (χ1v) is 8.65. The van der Waals surface area contributed by atoms with Gasteiger partial charge < -0.3 is 15.4 Å². The van der Waals surface area contributed by atoms with Gasteiger partial charge in [-0.15, -0.1) is 0 Å². The van der Waals surface area contributed by atoms with E-state index in [1.807, 2.05) is 0 Å². The second-order valence-corrected chi connectivity index (χ2v) is 9.04. The van der Waals surface area contributed by atoms with Gasteiger partial charge in [0, 0.05) is 24.0 Å². The summed E-state index contributed by atoms with van der Waals surface area (Å²) in [5, 5.41) is 1.12. The van der Waals surface area contributed by atoms with Crippen molar-refractivity contribution in [3.8, 4) is 0 Å². The van der Waals surface area contributed by atoms with Crippen molar-refractivity contribution in [3.63, 3.8) is 0 Å². The summed E-state index contributed by atoms with van der Waals surface area (Å²) in [5.74, 6) is 0. The summed E-state index contributed by atoms with van der Waals surface area (Å²) in [7, 11) is 0. The number of thiazole rings is 1. The van der Waals surface area contributed by atoms with Gasteiger partial charge in [0.15, 0.2) is 5.13 Å². The fourth-order valence-corrected chi connectivity index (χ4v) is 4.81. The lowest BCUT2D eigenvalue weighted by molar-refractivity contribution is -0.0749. The molecule has 1 aromatic heterocycles. The van der Waals surface area contributed by atoms with E-state index in [9.17, 15) is 0 Å². The van der Waals surface area contributed by atoms with Gasteiger partial charge in [0.1, 0.15) is 0 Å². The summed E-state index contributed by atoms with van der Waals surface area (Å²) in [6, 6.07) is 0.140. The zero-order chi connectivity index (χ0) is 15.4. The standard InChI is InChI=1S/C16H27N3OS/c1-10-8-19(9-16(4,5)20-10)14-18-12-7-15(2,3)6-11(17)13(12)21-14/h10-11H,6-9,17H2,1-5H3. The van der Waals surface area contributed by atoms with Gasteiger partial charge in [-0.3, -0.25) is 0 Å². The van der Waals surface area contributed by atoms with Crippen LogP contribution in [0.4, 0.5) is 5.13 Å². The smallest absolute Gasteiger partial charge is 0.186 e. The molecule has 2 N–H and O–H groups in total. The van der Waals surface area contributed by atoms with Crippen LogP contribution in [0.1, 0.15) is 57.7 Å². The maximum atomic E-state index is 6.37. The van der Waals surface area contributed by atoms with Crippen LogP contribution >= 0.6 is 11.3 Å².